The molecule has 0 radical (unpaired) electrons. The van der Waals surface area contributed by atoms with Gasteiger partial charge in [0, 0.05) is 13.2 Å². The Balaban J connectivity index is 1.97. The summed E-state index contributed by atoms with van der Waals surface area (Å²) >= 11 is 0. The lowest BCUT2D eigenvalue weighted by Gasteiger charge is -2.21. The van der Waals surface area contributed by atoms with Crippen molar-refractivity contribution in [1.82, 2.24) is 0 Å². The van der Waals surface area contributed by atoms with Crippen LogP contribution in [0.15, 0.2) is 0 Å². The third-order valence-electron chi connectivity index (χ3n) is 3.47. The first-order valence-electron chi connectivity index (χ1n) is 6.63. The molecule has 1 fully saturated rings. The van der Waals surface area contributed by atoms with Gasteiger partial charge in [0.2, 0.25) is 0 Å². The predicted octanol–water partition coefficient (Wildman–Crippen LogP) is 3.91. The van der Waals surface area contributed by atoms with Crippen molar-refractivity contribution in [3.05, 3.63) is 0 Å². The second-order valence-electron chi connectivity index (χ2n) is 5.68. The van der Waals surface area contributed by atoms with Gasteiger partial charge in [0.05, 0.1) is 11.5 Å². The van der Waals surface area contributed by atoms with Crippen LogP contribution in [-0.2, 0) is 4.74 Å². The van der Waals surface area contributed by atoms with Crippen LogP contribution in [0.3, 0.4) is 0 Å². The van der Waals surface area contributed by atoms with Gasteiger partial charge in [0.1, 0.15) is 0 Å². The maximum absolute atomic E-state index is 8.86. The van der Waals surface area contributed by atoms with Crippen molar-refractivity contribution in [2.45, 2.75) is 58.8 Å². The van der Waals surface area contributed by atoms with E-state index in [4.69, 9.17) is 10.00 Å². The fourth-order valence-electron chi connectivity index (χ4n) is 2.28. The molecule has 0 N–H and O–H groups in total. The average Bonchev–Trinajstić information content (AvgIpc) is 2.30. The van der Waals surface area contributed by atoms with Crippen molar-refractivity contribution < 1.29 is 4.74 Å². The Morgan fingerprint density at radius 1 is 1.25 bits per heavy atom. The highest BCUT2D eigenvalue weighted by atomic mass is 16.5. The zero-order valence-electron chi connectivity index (χ0n) is 10.8. The molecule has 0 aliphatic heterocycles. The highest BCUT2D eigenvalue weighted by Crippen LogP contribution is 2.24. The van der Waals surface area contributed by atoms with Crippen molar-refractivity contribution >= 4 is 0 Å². The number of nitrogens with zero attached hydrogens (tertiary/aromatic N) is 1. The van der Waals surface area contributed by atoms with Crippen LogP contribution in [0.5, 0.6) is 0 Å². The highest BCUT2D eigenvalue weighted by molar-refractivity contribution is 4.91. The molecule has 1 saturated carbocycles. The van der Waals surface area contributed by atoms with E-state index in [-0.39, 0.29) is 5.41 Å². The number of ether oxygens (including phenoxy) is 1. The van der Waals surface area contributed by atoms with E-state index in [0.717, 1.165) is 32.0 Å². The van der Waals surface area contributed by atoms with Gasteiger partial charge < -0.3 is 4.74 Å². The van der Waals surface area contributed by atoms with E-state index in [1.165, 1.54) is 32.1 Å². The summed E-state index contributed by atoms with van der Waals surface area (Å²) in [6.45, 7) is 5.75. The maximum atomic E-state index is 8.86. The van der Waals surface area contributed by atoms with Crippen molar-refractivity contribution in [2.75, 3.05) is 13.2 Å². The highest BCUT2D eigenvalue weighted by Gasteiger charge is 2.16. The van der Waals surface area contributed by atoms with Gasteiger partial charge in [-0.2, -0.15) is 5.26 Å². The lowest BCUT2D eigenvalue weighted by Crippen LogP contribution is -2.15. The molecule has 0 saturated heterocycles. The van der Waals surface area contributed by atoms with Gasteiger partial charge in [-0.05, 0) is 45.4 Å². The van der Waals surface area contributed by atoms with E-state index < -0.39 is 0 Å². The lowest BCUT2D eigenvalue weighted by atomic mass is 9.89. The smallest absolute Gasteiger partial charge is 0.0683 e. The summed E-state index contributed by atoms with van der Waals surface area (Å²) in [5.41, 5.74) is -0.186. The van der Waals surface area contributed by atoms with Crippen molar-refractivity contribution in [1.29, 1.82) is 5.26 Å². The molecule has 1 aliphatic rings. The zero-order chi connectivity index (χ0) is 11.9. The quantitative estimate of drug-likeness (QED) is 0.639. The first kappa shape index (κ1) is 13.5. The summed E-state index contributed by atoms with van der Waals surface area (Å²) in [6.07, 6.45) is 8.83. The van der Waals surface area contributed by atoms with Gasteiger partial charge in [0.25, 0.3) is 0 Å². The number of hydrogen-bond donors (Lipinski definition) is 0. The Bertz CT molecular complexity index is 223. The molecule has 1 rings (SSSR count). The van der Waals surface area contributed by atoms with Gasteiger partial charge >= 0.3 is 0 Å². The fraction of sp³-hybridized carbons (Fsp3) is 0.929. The molecule has 0 spiro atoms. The first-order valence-corrected chi connectivity index (χ1v) is 6.63. The van der Waals surface area contributed by atoms with Crippen LogP contribution in [0.25, 0.3) is 0 Å². The normalized spacial score (nSPS) is 18.3. The van der Waals surface area contributed by atoms with Gasteiger partial charge in [-0.15, -0.1) is 0 Å². The third-order valence-corrected chi connectivity index (χ3v) is 3.47. The Hall–Kier alpha value is -0.550. The molecule has 0 heterocycles. The van der Waals surface area contributed by atoms with E-state index in [9.17, 15) is 0 Å². The Morgan fingerprint density at radius 3 is 2.56 bits per heavy atom. The maximum Gasteiger partial charge on any atom is 0.0683 e. The molecule has 0 aromatic heterocycles. The standard InChI is InChI=1S/C14H25NO/c1-14(2,12-15)9-6-10-16-11-13-7-4-3-5-8-13/h13H,3-11H2,1-2H3. The molecule has 0 atom stereocenters. The van der Waals surface area contributed by atoms with Crippen LogP contribution in [-0.4, -0.2) is 13.2 Å². The zero-order valence-corrected chi connectivity index (χ0v) is 10.8. The minimum Gasteiger partial charge on any atom is -0.381 e. The van der Waals surface area contributed by atoms with Crippen molar-refractivity contribution in [3.8, 4) is 6.07 Å². The second-order valence-corrected chi connectivity index (χ2v) is 5.68. The van der Waals surface area contributed by atoms with Gasteiger partial charge in [0.15, 0.2) is 0 Å². The fourth-order valence-corrected chi connectivity index (χ4v) is 2.28. The summed E-state index contributed by atoms with van der Waals surface area (Å²) in [5.74, 6) is 0.803. The minimum atomic E-state index is -0.186. The summed E-state index contributed by atoms with van der Waals surface area (Å²) < 4.78 is 5.70. The number of nitriles is 1. The van der Waals surface area contributed by atoms with Crippen molar-refractivity contribution in [3.63, 3.8) is 0 Å². The second kappa shape index (κ2) is 6.91. The van der Waals surface area contributed by atoms with Crippen molar-refractivity contribution in [2.24, 2.45) is 11.3 Å². The van der Waals surface area contributed by atoms with Crippen LogP contribution >= 0.6 is 0 Å². The van der Waals surface area contributed by atoms with Gasteiger partial charge in [-0.1, -0.05) is 19.3 Å². The van der Waals surface area contributed by atoms with Crippen LogP contribution in [0, 0.1) is 22.7 Å². The van der Waals surface area contributed by atoms with Gasteiger partial charge in [-0.3, -0.25) is 0 Å². The molecule has 1 aliphatic carbocycles. The molecule has 0 aromatic rings. The van der Waals surface area contributed by atoms with E-state index in [0.29, 0.717) is 0 Å². The largest absolute Gasteiger partial charge is 0.381 e. The van der Waals surface area contributed by atoms with Gasteiger partial charge in [-0.25, -0.2) is 0 Å². The number of rotatable bonds is 6. The summed E-state index contributed by atoms with van der Waals surface area (Å²) in [6, 6.07) is 2.33. The van der Waals surface area contributed by atoms with Crippen LogP contribution in [0.2, 0.25) is 0 Å². The van der Waals surface area contributed by atoms with Crippen LogP contribution in [0.1, 0.15) is 58.8 Å². The summed E-state index contributed by atoms with van der Waals surface area (Å²) in [7, 11) is 0. The van der Waals surface area contributed by atoms with E-state index in [1.54, 1.807) is 0 Å². The molecule has 2 nitrogen and oxygen atoms in total. The SMILES string of the molecule is CC(C)(C#N)CCCOCC1CCCCC1. The third kappa shape index (κ3) is 5.51. The molecule has 0 bridgehead atoms. The molecular weight excluding hydrogens is 198 g/mol. The molecule has 16 heavy (non-hydrogen) atoms. The van der Waals surface area contributed by atoms with E-state index >= 15 is 0 Å². The monoisotopic (exact) mass is 223 g/mol. The molecule has 0 aromatic carbocycles. The van der Waals surface area contributed by atoms with E-state index in [1.807, 2.05) is 13.8 Å². The minimum absolute atomic E-state index is 0.186. The molecule has 2 heteroatoms. The Labute approximate surface area is 100.0 Å². The molecular formula is C14H25NO. The van der Waals surface area contributed by atoms with E-state index in [2.05, 4.69) is 6.07 Å². The van der Waals surface area contributed by atoms with Crippen LogP contribution in [0.4, 0.5) is 0 Å². The summed E-state index contributed by atoms with van der Waals surface area (Å²) in [5, 5.41) is 8.86. The first-order chi connectivity index (χ1) is 7.64. The molecule has 0 unspecified atom stereocenters. The molecule has 92 valence electrons. The number of hydrogen-bond acceptors (Lipinski definition) is 2. The topological polar surface area (TPSA) is 33.0 Å². The molecule has 0 amide bonds. The summed E-state index contributed by atoms with van der Waals surface area (Å²) in [4.78, 5) is 0. The van der Waals surface area contributed by atoms with Crippen LogP contribution < -0.4 is 0 Å². The Morgan fingerprint density at radius 2 is 1.94 bits per heavy atom. The predicted molar refractivity (Wildman–Crippen MR) is 66.0 cm³/mol. The average molecular weight is 223 g/mol. The Kier molecular flexibility index (Phi) is 5.84. The lowest BCUT2D eigenvalue weighted by molar-refractivity contribution is 0.0795.